The molecule has 2 N–H and O–H groups in total. The van der Waals surface area contributed by atoms with Crippen LogP contribution in [0.2, 0.25) is 0 Å². The fourth-order valence-electron chi connectivity index (χ4n) is 1.07. The second-order valence-corrected chi connectivity index (χ2v) is 3.21. The second-order valence-electron chi connectivity index (χ2n) is 2.77. The molecule has 0 atom stereocenters. The molecule has 0 aliphatic rings. The van der Waals surface area contributed by atoms with Crippen molar-refractivity contribution in [2.75, 3.05) is 18.5 Å². The van der Waals surface area contributed by atoms with Gasteiger partial charge in [-0.15, -0.1) is 0 Å². The van der Waals surface area contributed by atoms with E-state index < -0.39 is 0 Å². The molecule has 1 rings (SSSR count). The summed E-state index contributed by atoms with van der Waals surface area (Å²) in [5.74, 6) is 0. The second kappa shape index (κ2) is 4.18. The first-order valence-electron chi connectivity index (χ1n) is 4.11. The lowest BCUT2D eigenvalue weighted by Gasteiger charge is -2.19. The summed E-state index contributed by atoms with van der Waals surface area (Å²) in [4.78, 5) is 6.51. The van der Waals surface area contributed by atoms with Crippen molar-refractivity contribution in [1.82, 2.24) is 4.98 Å². The molecule has 0 fully saturated rings. The first-order valence-corrected chi connectivity index (χ1v) is 4.52. The topological polar surface area (TPSA) is 42.2 Å². The normalized spacial score (nSPS) is 9.69. The van der Waals surface area contributed by atoms with Crippen LogP contribution in [0, 0.1) is 0 Å². The molecule has 1 heterocycles. The van der Waals surface area contributed by atoms with Gasteiger partial charge in [0.25, 0.3) is 0 Å². The van der Waals surface area contributed by atoms with Crippen LogP contribution in [0.25, 0.3) is 0 Å². The Morgan fingerprint density at radius 3 is 2.92 bits per heavy atom. The van der Waals surface area contributed by atoms with E-state index in [2.05, 4.69) is 16.8 Å². The van der Waals surface area contributed by atoms with Gasteiger partial charge in [0, 0.05) is 25.4 Å². The number of thiocarbonyl (C=S) groups is 1. The minimum atomic E-state index is 0.415. The molecule has 4 heteroatoms. The lowest BCUT2D eigenvalue weighted by atomic mass is 10.2. The highest BCUT2D eigenvalue weighted by molar-refractivity contribution is 7.80. The average Bonchev–Trinajstić information content (AvgIpc) is 2.16. The molecular weight excluding hydrogens is 182 g/mol. The molecule has 0 spiro atoms. The molecule has 1 aromatic heterocycles. The van der Waals surface area contributed by atoms with E-state index in [4.69, 9.17) is 18.0 Å². The lowest BCUT2D eigenvalue weighted by molar-refractivity contribution is 0.960. The number of rotatable bonds is 3. The third kappa shape index (κ3) is 2.15. The number of hydrogen-bond acceptors (Lipinski definition) is 3. The van der Waals surface area contributed by atoms with Crippen molar-refractivity contribution in [2.45, 2.75) is 6.92 Å². The van der Waals surface area contributed by atoms with Gasteiger partial charge in [0.2, 0.25) is 0 Å². The van der Waals surface area contributed by atoms with E-state index in [9.17, 15) is 0 Å². The average molecular weight is 195 g/mol. The molecule has 0 saturated heterocycles. The zero-order valence-corrected chi connectivity index (χ0v) is 8.64. The van der Waals surface area contributed by atoms with Gasteiger partial charge in [0.1, 0.15) is 4.99 Å². The SMILES string of the molecule is CCN(C)c1cnccc1C(N)=S. The van der Waals surface area contributed by atoms with E-state index in [0.29, 0.717) is 4.99 Å². The maximum Gasteiger partial charge on any atom is 0.106 e. The van der Waals surface area contributed by atoms with Crippen molar-refractivity contribution >= 4 is 22.9 Å². The molecule has 0 aliphatic carbocycles. The van der Waals surface area contributed by atoms with Crippen molar-refractivity contribution in [3.63, 3.8) is 0 Å². The van der Waals surface area contributed by atoms with Crippen LogP contribution in [0.5, 0.6) is 0 Å². The Morgan fingerprint density at radius 2 is 2.38 bits per heavy atom. The minimum Gasteiger partial charge on any atom is -0.389 e. The fraction of sp³-hybridized carbons (Fsp3) is 0.333. The van der Waals surface area contributed by atoms with Crippen molar-refractivity contribution < 1.29 is 0 Å². The van der Waals surface area contributed by atoms with Gasteiger partial charge in [-0.05, 0) is 13.0 Å². The molecular formula is C9H13N3S. The van der Waals surface area contributed by atoms with E-state index >= 15 is 0 Å². The Balaban J connectivity index is 3.11. The van der Waals surface area contributed by atoms with Gasteiger partial charge in [-0.25, -0.2) is 0 Å². The Kier molecular flexibility index (Phi) is 3.19. The number of anilines is 1. The molecule has 0 amide bonds. The molecule has 0 aliphatic heterocycles. The van der Waals surface area contributed by atoms with E-state index in [1.807, 2.05) is 13.1 Å². The number of nitrogens with two attached hydrogens (primary N) is 1. The molecule has 13 heavy (non-hydrogen) atoms. The van der Waals surface area contributed by atoms with Crippen molar-refractivity contribution in [3.05, 3.63) is 24.0 Å². The largest absolute Gasteiger partial charge is 0.389 e. The van der Waals surface area contributed by atoms with Gasteiger partial charge >= 0.3 is 0 Å². The van der Waals surface area contributed by atoms with Gasteiger partial charge in [0.05, 0.1) is 11.9 Å². The maximum absolute atomic E-state index is 5.58. The number of hydrogen-bond donors (Lipinski definition) is 1. The highest BCUT2D eigenvalue weighted by Crippen LogP contribution is 2.16. The third-order valence-electron chi connectivity index (χ3n) is 1.95. The van der Waals surface area contributed by atoms with Gasteiger partial charge in [0.15, 0.2) is 0 Å². The molecule has 0 radical (unpaired) electrons. The molecule has 1 aromatic rings. The van der Waals surface area contributed by atoms with Crippen LogP contribution in [-0.2, 0) is 0 Å². The maximum atomic E-state index is 5.58. The van der Waals surface area contributed by atoms with Crippen molar-refractivity contribution in [2.24, 2.45) is 5.73 Å². The van der Waals surface area contributed by atoms with Crippen LogP contribution in [0.1, 0.15) is 12.5 Å². The predicted molar refractivity (Wildman–Crippen MR) is 59.1 cm³/mol. The molecule has 0 aromatic carbocycles. The summed E-state index contributed by atoms with van der Waals surface area (Å²) < 4.78 is 0. The summed E-state index contributed by atoms with van der Waals surface area (Å²) in [5, 5.41) is 0. The van der Waals surface area contributed by atoms with Gasteiger partial charge < -0.3 is 10.6 Å². The van der Waals surface area contributed by atoms with Crippen LogP contribution in [-0.4, -0.2) is 23.6 Å². The summed E-state index contributed by atoms with van der Waals surface area (Å²) in [6.45, 7) is 2.97. The number of aromatic nitrogens is 1. The molecule has 3 nitrogen and oxygen atoms in total. The fourth-order valence-corrected chi connectivity index (χ4v) is 1.24. The molecule has 0 bridgehead atoms. The van der Waals surface area contributed by atoms with E-state index in [-0.39, 0.29) is 0 Å². The van der Waals surface area contributed by atoms with Crippen LogP contribution in [0.15, 0.2) is 18.5 Å². The first-order chi connectivity index (χ1) is 6.16. The number of pyridine rings is 1. The highest BCUT2D eigenvalue weighted by Gasteiger charge is 2.07. The first kappa shape index (κ1) is 9.92. The highest BCUT2D eigenvalue weighted by atomic mass is 32.1. The van der Waals surface area contributed by atoms with Gasteiger partial charge in [-0.3, -0.25) is 4.98 Å². The van der Waals surface area contributed by atoms with E-state index in [1.165, 1.54) is 0 Å². The summed E-state index contributed by atoms with van der Waals surface area (Å²) >= 11 is 4.94. The Hall–Kier alpha value is -1.16. The Labute approximate surface area is 83.6 Å². The van der Waals surface area contributed by atoms with Crippen LogP contribution < -0.4 is 10.6 Å². The van der Waals surface area contributed by atoms with Crippen LogP contribution in [0.4, 0.5) is 5.69 Å². The molecule has 70 valence electrons. The van der Waals surface area contributed by atoms with E-state index in [1.54, 1.807) is 12.4 Å². The molecule has 0 saturated carbocycles. The van der Waals surface area contributed by atoms with Gasteiger partial charge in [-0.2, -0.15) is 0 Å². The standard InChI is InChI=1S/C9H13N3S/c1-3-12(2)8-6-11-5-4-7(8)9(10)13/h4-6H,3H2,1-2H3,(H2,10,13). The van der Waals surface area contributed by atoms with Crippen LogP contribution in [0.3, 0.4) is 0 Å². The lowest BCUT2D eigenvalue weighted by Crippen LogP contribution is -2.21. The zero-order chi connectivity index (χ0) is 9.84. The predicted octanol–water partition coefficient (Wildman–Crippen LogP) is 1.17. The number of nitrogens with zero attached hydrogens (tertiary/aromatic N) is 2. The third-order valence-corrected chi connectivity index (χ3v) is 2.17. The van der Waals surface area contributed by atoms with Crippen molar-refractivity contribution in [3.8, 4) is 0 Å². The summed E-state index contributed by atoms with van der Waals surface area (Å²) in [6, 6.07) is 1.84. The summed E-state index contributed by atoms with van der Waals surface area (Å²) in [5.41, 5.74) is 7.45. The smallest absolute Gasteiger partial charge is 0.106 e. The van der Waals surface area contributed by atoms with Crippen molar-refractivity contribution in [1.29, 1.82) is 0 Å². The summed E-state index contributed by atoms with van der Waals surface area (Å²) in [7, 11) is 1.98. The van der Waals surface area contributed by atoms with E-state index in [0.717, 1.165) is 17.8 Å². The van der Waals surface area contributed by atoms with Crippen LogP contribution >= 0.6 is 12.2 Å². The van der Waals surface area contributed by atoms with Gasteiger partial charge in [-0.1, -0.05) is 12.2 Å². The minimum absolute atomic E-state index is 0.415. The zero-order valence-electron chi connectivity index (χ0n) is 7.82. The quantitative estimate of drug-likeness (QED) is 0.735. The summed E-state index contributed by atoms with van der Waals surface area (Å²) in [6.07, 6.45) is 3.47. The Bertz CT molecular complexity index is 311. The molecule has 0 unspecified atom stereocenters. The Morgan fingerprint density at radius 1 is 1.69 bits per heavy atom. The monoisotopic (exact) mass is 195 g/mol.